The normalized spacial score (nSPS) is 6.62. The van der Waals surface area contributed by atoms with Crippen LogP contribution in [-0.2, 0) is 17.1 Å². The Morgan fingerprint density at radius 3 is 2.50 bits per heavy atom. The van der Waals surface area contributed by atoms with Gasteiger partial charge in [0.2, 0.25) is 0 Å². The first-order valence-electron chi connectivity index (χ1n) is 1.85. The SMILES string of the molecule is C=CCNC(=S)S.[Cu+2]. The zero-order valence-corrected chi connectivity index (χ0v) is 6.80. The van der Waals surface area contributed by atoms with Crippen molar-refractivity contribution in [2.75, 3.05) is 6.54 Å². The Kier molecular flexibility index (Phi) is 10.6. The number of thiol groups is 1. The van der Waals surface area contributed by atoms with Gasteiger partial charge in [-0.25, -0.2) is 0 Å². The molecule has 0 aromatic rings. The minimum Gasteiger partial charge on any atom is -0.368 e. The molecule has 0 heterocycles. The minimum absolute atomic E-state index is 0. The van der Waals surface area contributed by atoms with Crippen molar-refractivity contribution in [1.29, 1.82) is 0 Å². The van der Waals surface area contributed by atoms with Gasteiger partial charge in [-0.15, -0.1) is 19.2 Å². The molecule has 49 valence electrons. The topological polar surface area (TPSA) is 12.0 Å². The van der Waals surface area contributed by atoms with Crippen molar-refractivity contribution in [3.8, 4) is 0 Å². The summed E-state index contributed by atoms with van der Waals surface area (Å²) in [5, 5.41) is 2.77. The number of hydrogen-bond donors (Lipinski definition) is 2. The predicted octanol–water partition coefficient (Wildman–Crippen LogP) is 0.974. The zero-order chi connectivity index (χ0) is 5.70. The van der Waals surface area contributed by atoms with Crippen molar-refractivity contribution in [2.45, 2.75) is 0 Å². The van der Waals surface area contributed by atoms with Gasteiger partial charge in [0, 0.05) is 6.54 Å². The fourth-order valence-corrected chi connectivity index (χ4v) is 0.334. The molecule has 0 saturated heterocycles. The molecule has 0 amide bonds. The molecule has 0 saturated carbocycles. The van der Waals surface area contributed by atoms with Crippen molar-refractivity contribution >= 4 is 29.2 Å². The summed E-state index contributed by atoms with van der Waals surface area (Å²) in [5.41, 5.74) is 0. The van der Waals surface area contributed by atoms with E-state index in [0.29, 0.717) is 10.9 Å². The van der Waals surface area contributed by atoms with Gasteiger partial charge >= 0.3 is 17.1 Å². The number of hydrogen-bond acceptors (Lipinski definition) is 1. The standard InChI is InChI=1S/C4H7NS2.Cu/c1-2-3-5-4(6)7;/h2H,1,3H2,(H2,5,6,7);/q;+2. The smallest absolute Gasteiger partial charge is 0.368 e. The monoisotopic (exact) mass is 196 g/mol. The van der Waals surface area contributed by atoms with Gasteiger partial charge in [-0.1, -0.05) is 18.3 Å². The van der Waals surface area contributed by atoms with Crippen molar-refractivity contribution < 1.29 is 17.1 Å². The fraction of sp³-hybridized carbons (Fsp3) is 0.250. The van der Waals surface area contributed by atoms with Crippen molar-refractivity contribution in [3.05, 3.63) is 12.7 Å². The van der Waals surface area contributed by atoms with Gasteiger partial charge in [-0.2, -0.15) is 0 Å². The van der Waals surface area contributed by atoms with E-state index in [2.05, 4.69) is 36.7 Å². The summed E-state index contributed by atoms with van der Waals surface area (Å²) in [6, 6.07) is 0. The maximum atomic E-state index is 4.57. The molecule has 1 nitrogen and oxygen atoms in total. The molecule has 0 unspecified atom stereocenters. The number of nitrogens with one attached hydrogen (secondary N) is 1. The summed E-state index contributed by atoms with van der Waals surface area (Å²) in [7, 11) is 0. The molecule has 4 heteroatoms. The molecular formula is C4H7CuNS2+2. The first-order chi connectivity index (χ1) is 3.27. The van der Waals surface area contributed by atoms with Crippen LogP contribution in [0.2, 0.25) is 0 Å². The predicted molar refractivity (Wildman–Crippen MR) is 39.8 cm³/mol. The molecule has 0 aromatic heterocycles. The van der Waals surface area contributed by atoms with Crippen LogP contribution in [0.4, 0.5) is 0 Å². The second-order valence-corrected chi connectivity index (χ2v) is 2.13. The fourth-order valence-electron chi connectivity index (χ4n) is 0.159. The molecule has 0 spiro atoms. The second kappa shape index (κ2) is 7.50. The third kappa shape index (κ3) is 9.71. The summed E-state index contributed by atoms with van der Waals surface area (Å²) >= 11 is 8.37. The molecule has 0 aliphatic rings. The maximum absolute atomic E-state index is 4.57. The summed E-state index contributed by atoms with van der Waals surface area (Å²) in [6.45, 7) is 4.17. The van der Waals surface area contributed by atoms with Crippen LogP contribution in [0.1, 0.15) is 0 Å². The van der Waals surface area contributed by atoms with Gasteiger partial charge in [0.05, 0.1) is 0 Å². The number of thiocarbonyl (C=S) groups is 1. The van der Waals surface area contributed by atoms with Crippen LogP contribution in [0.25, 0.3) is 0 Å². The van der Waals surface area contributed by atoms with Crippen LogP contribution >= 0.6 is 24.8 Å². The third-order valence-corrected chi connectivity index (χ3v) is 0.700. The Morgan fingerprint density at radius 2 is 2.38 bits per heavy atom. The summed E-state index contributed by atoms with van der Waals surface area (Å²) < 4.78 is 0.514. The first kappa shape index (κ1) is 11.3. The van der Waals surface area contributed by atoms with E-state index in [9.17, 15) is 0 Å². The summed E-state index contributed by atoms with van der Waals surface area (Å²) in [4.78, 5) is 0. The van der Waals surface area contributed by atoms with Crippen LogP contribution in [0.5, 0.6) is 0 Å². The first-order valence-corrected chi connectivity index (χ1v) is 2.70. The van der Waals surface area contributed by atoms with Gasteiger partial charge < -0.3 is 5.32 Å². The van der Waals surface area contributed by atoms with E-state index < -0.39 is 0 Å². The quantitative estimate of drug-likeness (QED) is 0.296. The van der Waals surface area contributed by atoms with E-state index >= 15 is 0 Å². The molecule has 0 aromatic carbocycles. The molecule has 1 N–H and O–H groups in total. The van der Waals surface area contributed by atoms with Crippen LogP contribution in [-0.4, -0.2) is 10.9 Å². The maximum Gasteiger partial charge on any atom is 2.00 e. The molecule has 0 atom stereocenters. The molecule has 0 bridgehead atoms. The Bertz CT molecular complexity index is 84.1. The van der Waals surface area contributed by atoms with E-state index in [1.165, 1.54) is 0 Å². The van der Waals surface area contributed by atoms with Crippen LogP contribution < -0.4 is 5.32 Å². The Labute approximate surface area is 70.8 Å². The Balaban J connectivity index is 0. The van der Waals surface area contributed by atoms with Crippen LogP contribution in [0.3, 0.4) is 0 Å². The molecule has 1 radical (unpaired) electrons. The molecule has 0 aliphatic carbocycles. The summed E-state index contributed by atoms with van der Waals surface area (Å²) in [6.07, 6.45) is 1.72. The van der Waals surface area contributed by atoms with E-state index in [0.717, 1.165) is 0 Å². The Hall–Kier alpha value is 0.499. The average molecular weight is 197 g/mol. The molecule has 0 rings (SSSR count). The van der Waals surface area contributed by atoms with E-state index in [1.54, 1.807) is 6.08 Å². The van der Waals surface area contributed by atoms with Crippen molar-refractivity contribution in [1.82, 2.24) is 5.32 Å². The molecule has 0 aliphatic heterocycles. The van der Waals surface area contributed by atoms with Crippen molar-refractivity contribution in [2.24, 2.45) is 0 Å². The van der Waals surface area contributed by atoms with Gasteiger partial charge in [0.1, 0.15) is 4.32 Å². The van der Waals surface area contributed by atoms with E-state index in [1.807, 2.05) is 0 Å². The molecule has 0 fully saturated rings. The minimum atomic E-state index is 0. The Morgan fingerprint density at radius 1 is 1.88 bits per heavy atom. The third-order valence-electron chi connectivity index (χ3n) is 0.398. The molecular weight excluding hydrogens is 190 g/mol. The molecule has 8 heavy (non-hydrogen) atoms. The summed E-state index contributed by atoms with van der Waals surface area (Å²) in [5.74, 6) is 0. The van der Waals surface area contributed by atoms with Gasteiger partial charge in [0.15, 0.2) is 0 Å². The van der Waals surface area contributed by atoms with Gasteiger partial charge in [-0.3, -0.25) is 0 Å². The zero-order valence-electron chi connectivity index (χ0n) is 4.15. The van der Waals surface area contributed by atoms with Crippen molar-refractivity contribution in [3.63, 3.8) is 0 Å². The van der Waals surface area contributed by atoms with E-state index in [4.69, 9.17) is 0 Å². The van der Waals surface area contributed by atoms with Gasteiger partial charge in [0.25, 0.3) is 0 Å². The van der Waals surface area contributed by atoms with Gasteiger partial charge in [-0.05, 0) is 0 Å². The van der Waals surface area contributed by atoms with Crippen LogP contribution in [0.15, 0.2) is 12.7 Å². The van der Waals surface area contributed by atoms with E-state index in [-0.39, 0.29) is 17.1 Å². The van der Waals surface area contributed by atoms with Crippen LogP contribution in [0, 0.1) is 0 Å². The second-order valence-electron chi connectivity index (χ2n) is 0.975. The average Bonchev–Trinajstić information content (AvgIpc) is 1.61. The number of rotatable bonds is 2. The largest absolute Gasteiger partial charge is 2.00 e.